The molecule has 6 nitrogen and oxygen atoms in total. The third kappa shape index (κ3) is 5.25. The van der Waals surface area contributed by atoms with Gasteiger partial charge in [-0.1, -0.05) is 36.9 Å². The molecule has 0 saturated carbocycles. The summed E-state index contributed by atoms with van der Waals surface area (Å²) < 4.78 is 0. The first-order valence-corrected chi connectivity index (χ1v) is 11.1. The van der Waals surface area contributed by atoms with Crippen LogP contribution in [-0.2, 0) is 13.0 Å². The van der Waals surface area contributed by atoms with E-state index in [1.54, 1.807) is 7.05 Å². The van der Waals surface area contributed by atoms with Crippen LogP contribution >= 0.6 is 0 Å². The van der Waals surface area contributed by atoms with Crippen molar-refractivity contribution in [1.29, 1.82) is 0 Å². The molecule has 31 heavy (non-hydrogen) atoms. The molecule has 1 aromatic heterocycles. The Morgan fingerprint density at radius 1 is 1.32 bits per heavy atom. The van der Waals surface area contributed by atoms with Gasteiger partial charge in [0.25, 0.3) is 0 Å². The molecule has 6 heteroatoms. The van der Waals surface area contributed by atoms with Crippen LogP contribution in [0.3, 0.4) is 0 Å². The molecule has 1 atom stereocenters. The van der Waals surface area contributed by atoms with Gasteiger partial charge in [0.05, 0.1) is 6.54 Å². The van der Waals surface area contributed by atoms with Gasteiger partial charge in [-0.15, -0.1) is 0 Å². The second-order valence-corrected chi connectivity index (χ2v) is 8.23. The highest BCUT2D eigenvalue weighted by Crippen LogP contribution is 2.31. The molecule has 0 bridgehead atoms. The van der Waals surface area contributed by atoms with E-state index in [-0.39, 0.29) is 5.69 Å². The molecule has 166 valence electrons. The number of likely N-dealkylation sites (tertiary alicyclic amines) is 1. The Kier molecular flexibility index (Phi) is 7.69. The molecule has 2 aromatic rings. The largest absolute Gasteiger partial charge is 0.373 e. The Bertz CT molecular complexity index is 986. The van der Waals surface area contributed by atoms with Crippen molar-refractivity contribution >= 4 is 23.7 Å². The van der Waals surface area contributed by atoms with Crippen molar-refractivity contribution in [2.24, 2.45) is 0 Å². The molecular formula is C25H35N5O. The highest BCUT2D eigenvalue weighted by atomic mass is 16.1. The zero-order valence-electron chi connectivity index (χ0n) is 19.2. The van der Waals surface area contributed by atoms with Crippen LogP contribution in [0.25, 0.3) is 12.2 Å². The summed E-state index contributed by atoms with van der Waals surface area (Å²) in [5.74, 6) is 0.682. The van der Waals surface area contributed by atoms with Crippen molar-refractivity contribution in [3.63, 3.8) is 0 Å². The second kappa shape index (κ2) is 10.4. The lowest BCUT2D eigenvalue weighted by molar-refractivity contribution is 0.331. The topological polar surface area (TPSA) is 64.3 Å². The van der Waals surface area contributed by atoms with E-state index in [0.717, 1.165) is 47.1 Å². The second-order valence-electron chi connectivity index (χ2n) is 8.23. The Balaban J connectivity index is 0.000000330. The Hall–Kier alpha value is -2.86. The van der Waals surface area contributed by atoms with Gasteiger partial charge in [-0.2, -0.15) is 4.98 Å². The third-order valence-electron chi connectivity index (χ3n) is 6.23. The van der Waals surface area contributed by atoms with Crippen molar-refractivity contribution in [2.45, 2.75) is 45.7 Å². The van der Waals surface area contributed by atoms with Crippen LogP contribution in [-0.4, -0.2) is 48.1 Å². The lowest BCUT2D eigenvalue weighted by Gasteiger charge is -2.32. The number of fused-ring (bicyclic) bond motifs is 1. The third-order valence-corrected chi connectivity index (χ3v) is 6.23. The number of rotatable bonds is 4. The average molecular weight is 422 g/mol. The first-order valence-electron chi connectivity index (χ1n) is 11.1. The quantitative estimate of drug-likeness (QED) is 0.776. The number of benzene rings is 1. The number of H-pyrrole nitrogens is 1. The van der Waals surface area contributed by atoms with E-state index >= 15 is 0 Å². The maximum atomic E-state index is 11.8. The number of aromatic nitrogens is 2. The first kappa shape index (κ1) is 22.8. The molecular weight excluding hydrogens is 386 g/mol. The van der Waals surface area contributed by atoms with Crippen LogP contribution < -0.4 is 15.9 Å². The van der Waals surface area contributed by atoms with Gasteiger partial charge < -0.3 is 20.1 Å². The van der Waals surface area contributed by atoms with E-state index in [1.807, 2.05) is 25.1 Å². The average Bonchev–Trinajstić information content (AvgIpc) is 3.15. The molecule has 4 rings (SSSR count). The molecule has 0 amide bonds. The fraction of sp³-hybridized carbons (Fsp3) is 0.440. The monoisotopic (exact) mass is 421 g/mol. The van der Waals surface area contributed by atoms with Gasteiger partial charge in [0.15, 0.2) is 0 Å². The van der Waals surface area contributed by atoms with E-state index in [0.29, 0.717) is 12.4 Å². The van der Waals surface area contributed by atoms with Crippen molar-refractivity contribution in [1.82, 2.24) is 14.9 Å². The van der Waals surface area contributed by atoms with Crippen LogP contribution in [0, 0.1) is 0 Å². The molecule has 0 radical (unpaired) electrons. The van der Waals surface area contributed by atoms with Gasteiger partial charge in [0.2, 0.25) is 0 Å². The molecule has 2 aliphatic rings. The predicted molar refractivity (Wildman–Crippen MR) is 132 cm³/mol. The number of hydrogen-bond acceptors (Lipinski definition) is 5. The SMILES string of the molecule is C=Cc1cccc(N2CCc3c(NC)nc(=O)[nH]c3C2)c1/C=C\C.C[C@@H]1CCCN1C. The van der Waals surface area contributed by atoms with Gasteiger partial charge in [0.1, 0.15) is 5.82 Å². The van der Waals surface area contributed by atoms with Crippen molar-refractivity contribution in [2.75, 3.05) is 37.4 Å². The Morgan fingerprint density at radius 3 is 2.71 bits per heavy atom. The summed E-state index contributed by atoms with van der Waals surface area (Å²) in [5.41, 5.74) is 5.13. The number of hydrogen-bond donors (Lipinski definition) is 2. The number of allylic oxidation sites excluding steroid dienone is 1. The molecule has 1 aromatic carbocycles. The number of anilines is 2. The van der Waals surface area contributed by atoms with E-state index in [1.165, 1.54) is 19.4 Å². The Labute approximate surface area is 185 Å². The van der Waals surface area contributed by atoms with Gasteiger partial charge in [0, 0.05) is 42.1 Å². The molecule has 0 unspecified atom stereocenters. The highest BCUT2D eigenvalue weighted by Gasteiger charge is 2.22. The summed E-state index contributed by atoms with van der Waals surface area (Å²) in [7, 11) is 3.99. The van der Waals surface area contributed by atoms with Crippen LogP contribution in [0.2, 0.25) is 0 Å². The van der Waals surface area contributed by atoms with Crippen molar-refractivity contribution in [3.05, 3.63) is 63.7 Å². The minimum absolute atomic E-state index is 0.312. The standard InChI is InChI=1S/C19H22N4O.C6H13N/c1-4-7-14-13(5-2)8-6-9-17(14)23-11-10-15-16(12-23)21-19(24)22-18(15)20-3;1-6-4-3-5-7(6)2/h4-9H,2,10-12H2,1,3H3,(H2,20,21,22,24);6H,3-5H2,1-2H3/b7-4-;/t;6-/m.1/s1. The van der Waals surface area contributed by atoms with Crippen LogP contribution in [0.1, 0.15) is 49.1 Å². The van der Waals surface area contributed by atoms with Gasteiger partial charge in [-0.3, -0.25) is 0 Å². The summed E-state index contributed by atoms with van der Waals surface area (Å²) >= 11 is 0. The fourth-order valence-corrected chi connectivity index (χ4v) is 4.33. The molecule has 0 aliphatic carbocycles. The zero-order chi connectivity index (χ0) is 22.4. The van der Waals surface area contributed by atoms with Gasteiger partial charge >= 0.3 is 5.69 Å². The van der Waals surface area contributed by atoms with Crippen LogP contribution in [0.5, 0.6) is 0 Å². The molecule has 3 heterocycles. The zero-order valence-corrected chi connectivity index (χ0v) is 19.2. The molecule has 0 spiro atoms. The normalized spacial score (nSPS) is 18.5. The highest BCUT2D eigenvalue weighted by molar-refractivity contribution is 5.76. The predicted octanol–water partition coefficient (Wildman–Crippen LogP) is 4.15. The lowest BCUT2D eigenvalue weighted by atomic mass is 10.00. The van der Waals surface area contributed by atoms with Crippen molar-refractivity contribution in [3.8, 4) is 0 Å². The van der Waals surface area contributed by atoms with E-state index in [9.17, 15) is 4.79 Å². The Morgan fingerprint density at radius 2 is 2.13 bits per heavy atom. The van der Waals surface area contributed by atoms with Gasteiger partial charge in [-0.25, -0.2) is 4.79 Å². The minimum atomic E-state index is -0.312. The maximum Gasteiger partial charge on any atom is 0.347 e. The molecule has 1 saturated heterocycles. The fourth-order valence-electron chi connectivity index (χ4n) is 4.33. The number of nitrogens with zero attached hydrogens (tertiary/aromatic N) is 3. The first-order chi connectivity index (χ1) is 15.0. The molecule has 2 N–H and O–H groups in total. The van der Waals surface area contributed by atoms with Gasteiger partial charge in [-0.05, 0) is 58.3 Å². The summed E-state index contributed by atoms with van der Waals surface area (Å²) in [6, 6.07) is 7.07. The summed E-state index contributed by atoms with van der Waals surface area (Å²) in [6.07, 6.45) is 9.66. The minimum Gasteiger partial charge on any atom is -0.373 e. The molecule has 2 aliphatic heterocycles. The smallest absolute Gasteiger partial charge is 0.347 e. The lowest BCUT2D eigenvalue weighted by Crippen LogP contribution is -2.34. The molecule has 1 fully saturated rings. The summed E-state index contributed by atoms with van der Waals surface area (Å²) in [6.45, 7) is 11.1. The summed E-state index contributed by atoms with van der Waals surface area (Å²) in [4.78, 5) is 23.4. The van der Waals surface area contributed by atoms with E-state index < -0.39 is 0 Å². The van der Waals surface area contributed by atoms with Crippen LogP contribution in [0.4, 0.5) is 11.5 Å². The summed E-state index contributed by atoms with van der Waals surface area (Å²) in [5, 5.41) is 3.03. The number of aromatic amines is 1. The van der Waals surface area contributed by atoms with Crippen molar-refractivity contribution < 1.29 is 0 Å². The number of nitrogens with one attached hydrogen (secondary N) is 2. The van der Waals surface area contributed by atoms with Crippen LogP contribution in [0.15, 0.2) is 35.6 Å². The van der Waals surface area contributed by atoms with E-state index in [2.05, 4.69) is 63.8 Å². The van der Waals surface area contributed by atoms with E-state index in [4.69, 9.17) is 0 Å². The maximum absolute atomic E-state index is 11.8.